The maximum Gasteiger partial charge on any atom is 1.00 e. The molecule has 0 saturated heterocycles. The molecule has 0 saturated carbocycles. The quantitative estimate of drug-likeness (QED) is 0.120. The number of halogens is 1. The van der Waals surface area contributed by atoms with Crippen molar-refractivity contribution in [2.45, 2.75) is 13.5 Å². The number of hydrogen-bond donors (Lipinski definition) is 2. The predicted octanol–water partition coefficient (Wildman–Crippen LogP) is 3.69. The number of fused-ring (bicyclic) bond motifs is 3. The Morgan fingerprint density at radius 1 is 0.851 bits per heavy atom. The molecule has 0 amide bonds. The van der Waals surface area contributed by atoms with Gasteiger partial charge in [0, 0.05) is 70.3 Å². The largest absolute Gasteiger partial charge is 1.00 e. The molecule has 0 fully saturated rings. The molecule has 0 aliphatic carbocycles. The van der Waals surface area contributed by atoms with Gasteiger partial charge in [-0.25, -0.2) is 4.79 Å². The van der Waals surface area contributed by atoms with Gasteiger partial charge in [-0.1, -0.05) is 4.40 Å². The second-order valence-electron chi connectivity index (χ2n) is 9.07. The summed E-state index contributed by atoms with van der Waals surface area (Å²) < 4.78 is 38.7. The van der Waals surface area contributed by atoms with Gasteiger partial charge in [0.1, 0.15) is 29.4 Å². The van der Waals surface area contributed by atoms with Crippen molar-refractivity contribution >= 4 is 58.7 Å². The Morgan fingerprint density at radius 2 is 1.43 bits per heavy atom. The minimum Gasteiger partial charge on any atom is -1.00 e. The molecule has 0 aliphatic heterocycles. The van der Waals surface area contributed by atoms with Crippen LogP contribution in [0.3, 0.4) is 0 Å². The number of isocyanates is 1. The fraction of sp³-hybridized carbons (Fsp3) is 0.156. The number of aromatic nitrogens is 3. The molecule has 0 aliphatic rings. The summed E-state index contributed by atoms with van der Waals surface area (Å²) >= 11 is 0. The topological polar surface area (TPSA) is 175 Å². The van der Waals surface area contributed by atoms with Gasteiger partial charge in [-0.05, 0) is 54.8 Å². The minimum absolute atomic E-state index is 0. The van der Waals surface area contributed by atoms with E-state index in [9.17, 15) is 8.42 Å². The third-order valence-corrected chi connectivity index (χ3v) is 6.97. The zero-order valence-corrected chi connectivity index (χ0v) is 29.8. The number of aryl methyl sites for hydroxylation is 1. The van der Waals surface area contributed by atoms with Gasteiger partial charge in [0.05, 0.1) is 43.5 Å². The van der Waals surface area contributed by atoms with Crippen molar-refractivity contribution in [1.82, 2.24) is 14.5 Å². The Kier molecular flexibility index (Phi) is 15.1. The van der Waals surface area contributed by atoms with Gasteiger partial charge in [0.15, 0.2) is 0 Å². The maximum atomic E-state index is 9.57. The smallest absolute Gasteiger partial charge is 1.00 e. The van der Waals surface area contributed by atoms with Crippen LogP contribution in [0.1, 0.15) is 19.5 Å². The van der Waals surface area contributed by atoms with Crippen molar-refractivity contribution in [3.63, 3.8) is 0 Å². The molecular weight excluding hydrogens is 655 g/mol. The normalized spacial score (nSPS) is 9.85. The molecule has 0 spiro atoms. The number of nitrogens with one attached hydrogen (secondary N) is 2. The first-order chi connectivity index (χ1) is 22.1. The van der Waals surface area contributed by atoms with Crippen molar-refractivity contribution in [2.24, 2.45) is 4.40 Å². The molecule has 3 aromatic carbocycles. The Balaban J connectivity index is 0.000000325. The van der Waals surface area contributed by atoms with E-state index in [1.54, 1.807) is 27.5 Å². The van der Waals surface area contributed by atoms with E-state index < -0.39 is 9.24 Å². The standard InChI is InChI=1S/C12H12N2O.C10H8N2O.C9H9NO.CClNO3S.Na.H/c1-3-14-8-9(7-13)11-5-4-10(15-2)6-12(11)14;1-13-8-2-3-9-7(5-11)6-12-10(9)4-8;1-11-8-3-2-7-4-5-10-9(7)6-8;2-7(5,6)3-1-4;;/h4-6,8H,3H2,1-2H3;2-4,6,12H,1H3;2-6,10H,1H3;;;/q;;;;+1;-1. The van der Waals surface area contributed by atoms with Gasteiger partial charge in [-0.2, -0.15) is 18.9 Å². The van der Waals surface area contributed by atoms with E-state index >= 15 is 0 Å². The number of ether oxygens (including phenoxy) is 3. The summed E-state index contributed by atoms with van der Waals surface area (Å²) in [6.07, 6.45) is 6.26. The number of nitrogens with zero attached hydrogens (tertiary/aromatic N) is 4. The Hall–Kier alpha value is -4.72. The third-order valence-electron chi connectivity index (χ3n) is 6.47. The molecule has 15 heteroatoms. The van der Waals surface area contributed by atoms with Gasteiger partial charge >= 0.3 is 38.8 Å². The van der Waals surface area contributed by atoms with Gasteiger partial charge in [-0.3, -0.25) is 0 Å². The molecule has 47 heavy (non-hydrogen) atoms. The molecule has 0 radical (unpaired) electrons. The molecule has 0 bridgehead atoms. The molecule has 238 valence electrons. The van der Waals surface area contributed by atoms with E-state index in [0.29, 0.717) is 5.56 Å². The fourth-order valence-corrected chi connectivity index (χ4v) is 4.45. The van der Waals surface area contributed by atoms with E-state index in [1.165, 1.54) is 5.39 Å². The summed E-state index contributed by atoms with van der Waals surface area (Å²) in [5, 5.41) is 20.9. The van der Waals surface area contributed by atoms with Gasteiger partial charge in [0.2, 0.25) is 0 Å². The van der Waals surface area contributed by atoms with E-state index in [1.807, 2.05) is 73.1 Å². The molecule has 0 atom stereocenters. The van der Waals surface area contributed by atoms with Crippen LogP contribution >= 0.6 is 10.7 Å². The monoisotopic (exact) mass is 684 g/mol. The molecule has 6 rings (SSSR count). The zero-order chi connectivity index (χ0) is 33.7. The number of rotatable bonds is 5. The average Bonchev–Trinajstić information content (AvgIpc) is 3.80. The number of nitriles is 2. The van der Waals surface area contributed by atoms with E-state index in [2.05, 4.69) is 48.7 Å². The molecule has 3 aromatic heterocycles. The van der Waals surface area contributed by atoms with Gasteiger partial charge < -0.3 is 30.2 Å². The molecule has 6 aromatic rings. The second kappa shape index (κ2) is 18.4. The fourth-order valence-electron chi connectivity index (χ4n) is 4.27. The van der Waals surface area contributed by atoms with Crippen LogP contribution in [-0.2, 0) is 20.6 Å². The number of hydrogen-bond acceptors (Lipinski definition) is 8. The number of H-pyrrole nitrogens is 2. The first-order valence-electron chi connectivity index (χ1n) is 13.4. The van der Waals surface area contributed by atoms with Crippen LogP contribution in [0.25, 0.3) is 32.7 Å². The minimum atomic E-state index is -4.00. The molecule has 2 N–H and O–H groups in total. The summed E-state index contributed by atoms with van der Waals surface area (Å²) in [4.78, 5) is 15.2. The molecule has 0 unspecified atom stereocenters. The second-order valence-corrected chi connectivity index (χ2v) is 11.3. The van der Waals surface area contributed by atoms with E-state index in [4.69, 9.17) is 29.5 Å². The van der Waals surface area contributed by atoms with E-state index in [-0.39, 0.29) is 31.0 Å². The van der Waals surface area contributed by atoms with Crippen LogP contribution in [0.4, 0.5) is 0 Å². The van der Waals surface area contributed by atoms with Crippen LogP contribution in [0.15, 0.2) is 83.7 Å². The van der Waals surface area contributed by atoms with Crippen LogP contribution in [0, 0.1) is 22.7 Å². The van der Waals surface area contributed by atoms with Crippen molar-refractivity contribution in [2.75, 3.05) is 21.3 Å². The zero-order valence-electron chi connectivity index (χ0n) is 27.2. The van der Waals surface area contributed by atoms with Crippen molar-refractivity contribution in [3.05, 3.63) is 90.4 Å². The summed E-state index contributed by atoms with van der Waals surface area (Å²) in [6, 6.07) is 23.7. The molecule has 3 heterocycles. The predicted molar refractivity (Wildman–Crippen MR) is 177 cm³/mol. The van der Waals surface area contributed by atoms with E-state index in [0.717, 1.165) is 62.8 Å². The summed E-state index contributed by atoms with van der Waals surface area (Å²) in [5.41, 5.74) is 4.47. The van der Waals surface area contributed by atoms with Crippen LogP contribution < -0.4 is 43.8 Å². The SMILES string of the molecule is CCn1cc(C#N)c2ccc(OC)cc21.COc1ccc2c(C#N)c[nH]c2c1.COc1ccc2cc[nH]c2c1.O=C=NS(=O)(=O)Cl.[H-].[Na+]. The average molecular weight is 685 g/mol. The first-order valence-corrected chi connectivity index (χ1v) is 15.6. The van der Waals surface area contributed by atoms with Crippen LogP contribution in [0.5, 0.6) is 17.2 Å². The Bertz CT molecular complexity index is 2200. The number of aromatic amines is 2. The Morgan fingerprint density at radius 3 is 1.96 bits per heavy atom. The summed E-state index contributed by atoms with van der Waals surface area (Å²) in [5.74, 6) is 2.50. The van der Waals surface area contributed by atoms with Gasteiger partial charge in [0.25, 0.3) is 6.08 Å². The number of methoxy groups -OCH3 is 3. The van der Waals surface area contributed by atoms with Crippen LogP contribution in [0.2, 0.25) is 0 Å². The third kappa shape index (κ3) is 10.7. The number of carbonyl (C=O) groups excluding carboxylic acids is 1. The number of benzene rings is 3. The first kappa shape index (κ1) is 38.5. The maximum absolute atomic E-state index is 9.57. The van der Waals surface area contributed by atoms with Crippen molar-refractivity contribution in [1.29, 1.82) is 10.5 Å². The van der Waals surface area contributed by atoms with Crippen molar-refractivity contribution in [3.8, 4) is 29.4 Å². The van der Waals surface area contributed by atoms with Crippen molar-refractivity contribution < 1.29 is 58.4 Å². The van der Waals surface area contributed by atoms with Crippen LogP contribution in [-0.4, -0.2) is 50.4 Å². The molecule has 12 nitrogen and oxygen atoms in total. The Labute approximate surface area is 299 Å². The molecular formula is C32H30ClN6NaO6S. The van der Waals surface area contributed by atoms with Gasteiger partial charge in [-0.15, -0.1) is 0 Å². The summed E-state index contributed by atoms with van der Waals surface area (Å²) in [6.45, 7) is 2.91. The summed E-state index contributed by atoms with van der Waals surface area (Å²) in [7, 11) is 5.31.